The Bertz CT molecular complexity index is 382. The Hall–Kier alpha value is -1.50. The van der Waals surface area contributed by atoms with E-state index in [0.29, 0.717) is 5.56 Å². The monoisotopic (exact) mass is 213 g/mol. The van der Waals surface area contributed by atoms with Crippen molar-refractivity contribution in [3.8, 4) is 6.07 Å². The van der Waals surface area contributed by atoms with Crippen molar-refractivity contribution in [2.45, 2.75) is 25.4 Å². The van der Waals surface area contributed by atoms with Crippen molar-refractivity contribution in [2.75, 3.05) is 0 Å². The second kappa shape index (κ2) is 3.58. The molecule has 0 aliphatic heterocycles. The Morgan fingerprint density at radius 3 is 1.73 bits per heavy atom. The molecule has 0 aliphatic carbocycles. The van der Waals surface area contributed by atoms with Gasteiger partial charge in [0.1, 0.15) is 0 Å². The van der Waals surface area contributed by atoms with Gasteiger partial charge in [0.05, 0.1) is 17.0 Å². The van der Waals surface area contributed by atoms with Crippen LogP contribution < -0.4 is 0 Å². The van der Waals surface area contributed by atoms with Crippen LogP contribution in [0.5, 0.6) is 0 Å². The molecular formula is C11H10F3N. The van der Waals surface area contributed by atoms with Crippen LogP contribution in [0, 0.1) is 11.3 Å². The fourth-order valence-electron chi connectivity index (χ4n) is 1.14. The largest absolute Gasteiger partial charge is 0.416 e. The minimum absolute atomic E-state index is 0.581. The molecule has 0 bridgehead atoms. The molecule has 15 heavy (non-hydrogen) atoms. The second-order valence-electron chi connectivity index (χ2n) is 3.81. The third-order valence-electron chi connectivity index (χ3n) is 2.21. The standard InChI is InChI=1S/C11H10F3N/c1-10(2,7-15)8-3-5-9(6-4-8)11(12,13)14/h3-6H,1-2H3. The van der Waals surface area contributed by atoms with E-state index in [4.69, 9.17) is 5.26 Å². The van der Waals surface area contributed by atoms with E-state index in [1.165, 1.54) is 12.1 Å². The summed E-state index contributed by atoms with van der Waals surface area (Å²) in [5, 5.41) is 8.80. The summed E-state index contributed by atoms with van der Waals surface area (Å²) in [6.45, 7) is 3.32. The van der Waals surface area contributed by atoms with Gasteiger partial charge in [-0.1, -0.05) is 12.1 Å². The Balaban J connectivity index is 3.08. The first-order chi connectivity index (χ1) is 6.77. The number of halogens is 3. The lowest BCUT2D eigenvalue weighted by Crippen LogP contribution is -2.14. The molecule has 0 unspecified atom stereocenters. The first-order valence-electron chi connectivity index (χ1n) is 4.36. The van der Waals surface area contributed by atoms with Crippen molar-refractivity contribution >= 4 is 0 Å². The number of rotatable bonds is 1. The molecule has 0 heterocycles. The minimum Gasteiger partial charge on any atom is -0.197 e. The summed E-state index contributed by atoms with van der Waals surface area (Å²) in [6.07, 6.45) is -4.32. The van der Waals surface area contributed by atoms with Gasteiger partial charge in [-0.25, -0.2) is 0 Å². The van der Waals surface area contributed by atoms with Gasteiger partial charge in [0.15, 0.2) is 0 Å². The number of nitriles is 1. The molecule has 1 rings (SSSR count). The Morgan fingerprint density at radius 1 is 1.00 bits per heavy atom. The summed E-state index contributed by atoms with van der Waals surface area (Å²) in [6, 6.07) is 6.70. The van der Waals surface area contributed by atoms with Gasteiger partial charge in [-0.15, -0.1) is 0 Å². The molecule has 0 amide bonds. The lowest BCUT2D eigenvalue weighted by atomic mass is 9.86. The Kier molecular flexibility index (Phi) is 2.76. The van der Waals surface area contributed by atoms with Crippen molar-refractivity contribution in [2.24, 2.45) is 0 Å². The molecule has 0 aromatic heterocycles. The van der Waals surface area contributed by atoms with Crippen molar-refractivity contribution in [1.82, 2.24) is 0 Å². The molecule has 0 saturated carbocycles. The molecule has 1 aromatic rings. The van der Waals surface area contributed by atoms with Crippen molar-refractivity contribution < 1.29 is 13.2 Å². The van der Waals surface area contributed by atoms with Crippen LogP contribution in [0.4, 0.5) is 13.2 Å². The molecular weight excluding hydrogens is 203 g/mol. The smallest absolute Gasteiger partial charge is 0.197 e. The van der Waals surface area contributed by atoms with Crippen LogP contribution in [0.1, 0.15) is 25.0 Å². The number of benzene rings is 1. The van der Waals surface area contributed by atoms with Crippen LogP contribution >= 0.6 is 0 Å². The number of alkyl halides is 3. The molecule has 4 heteroatoms. The van der Waals surface area contributed by atoms with E-state index in [1.807, 2.05) is 6.07 Å². The molecule has 0 spiro atoms. The van der Waals surface area contributed by atoms with E-state index in [0.717, 1.165) is 12.1 Å². The predicted molar refractivity (Wildman–Crippen MR) is 50.1 cm³/mol. The summed E-state index contributed by atoms with van der Waals surface area (Å²) < 4.78 is 36.7. The zero-order valence-corrected chi connectivity index (χ0v) is 8.39. The van der Waals surface area contributed by atoms with E-state index in [-0.39, 0.29) is 0 Å². The quantitative estimate of drug-likeness (QED) is 0.700. The van der Waals surface area contributed by atoms with Gasteiger partial charge < -0.3 is 0 Å². The highest BCUT2D eigenvalue weighted by molar-refractivity contribution is 5.33. The second-order valence-corrected chi connectivity index (χ2v) is 3.81. The van der Waals surface area contributed by atoms with Gasteiger partial charge in [-0.05, 0) is 31.5 Å². The van der Waals surface area contributed by atoms with Crippen LogP contribution in [0.3, 0.4) is 0 Å². The molecule has 0 saturated heterocycles. The summed E-state index contributed by atoms with van der Waals surface area (Å²) in [7, 11) is 0. The minimum atomic E-state index is -4.32. The first-order valence-corrected chi connectivity index (χ1v) is 4.36. The average molecular weight is 213 g/mol. The first kappa shape index (κ1) is 11.6. The molecule has 1 nitrogen and oxygen atoms in total. The lowest BCUT2D eigenvalue weighted by Gasteiger charge is -2.16. The topological polar surface area (TPSA) is 23.8 Å². The molecule has 0 N–H and O–H groups in total. The number of hydrogen-bond acceptors (Lipinski definition) is 1. The zero-order chi connectivity index (χ0) is 11.7. The fraction of sp³-hybridized carbons (Fsp3) is 0.364. The Morgan fingerprint density at radius 2 is 1.40 bits per heavy atom. The maximum Gasteiger partial charge on any atom is 0.416 e. The molecule has 80 valence electrons. The van der Waals surface area contributed by atoms with E-state index in [1.54, 1.807) is 13.8 Å². The van der Waals surface area contributed by atoms with Gasteiger partial charge in [0.25, 0.3) is 0 Å². The van der Waals surface area contributed by atoms with E-state index >= 15 is 0 Å². The van der Waals surface area contributed by atoms with Crippen molar-refractivity contribution in [3.63, 3.8) is 0 Å². The molecule has 1 aromatic carbocycles. The van der Waals surface area contributed by atoms with Gasteiger partial charge in [0.2, 0.25) is 0 Å². The highest BCUT2D eigenvalue weighted by Gasteiger charge is 2.30. The molecule has 0 fully saturated rings. The fourth-order valence-corrected chi connectivity index (χ4v) is 1.14. The molecule has 0 atom stereocenters. The number of hydrogen-bond donors (Lipinski definition) is 0. The summed E-state index contributed by atoms with van der Waals surface area (Å²) in [5.74, 6) is 0. The van der Waals surface area contributed by atoms with Crippen molar-refractivity contribution in [1.29, 1.82) is 5.26 Å². The van der Waals surface area contributed by atoms with Gasteiger partial charge in [-0.3, -0.25) is 0 Å². The maximum atomic E-state index is 12.2. The van der Waals surface area contributed by atoms with Crippen molar-refractivity contribution in [3.05, 3.63) is 35.4 Å². The van der Waals surface area contributed by atoms with E-state index in [2.05, 4.69) is 0 Å². The highest BCUT2D eigenvalue weighted by atomic mass is 19.4. The van der Waals surface area contributed by atoms with Crippen LogP contribution in [0.25, 0.3) is 0 Å². The predicted octanol–water partition coefficient (Wildman–Crippen LogP) is 3.51. The average Bonchev–Trinajstić information content (AvgIpc) is 2.17. The maximum absolute atomic E-state index is 12.2. The normalized spacial score (nSPS) is 12.3. The summed E-state index contributed by atoms with van der Waals surface area (Å²) in [4.78, 5) is 0. The summed E-state index contributed by atoms with van der Waals surface area (Å²) >= 11 is 0. The summed E-state index contributed by atoms with van der Waals surface area (Å²) in [5.41, 5.74) is -0.873. The SMILES string of the molecule is CC(C)(C#N)c1ccc(C(F)(F)F)cc1. The van der Waals surface area contributed by atoms with Crippen LogP contribution in [-0.2, 0) is 11.6 Å². The van der Waals surface area contributed by atoms with Gasteiger partial charge >= 0.3 is 6.18 Å². The van der Waals surface area contributed by atoms with Crippen LogP contribution in [0.2, 0.25) is 0 Å². The number of nitrogens with zero attached hydrogens (tertiary/aromatic N) is 1. The van der Waals surface area contributed by atoms with Gasteiger partial charge in [-0.2, -0.15) is 18.4 Å². The van der Waals surface area contributed by atoms with Crippen LogP contribution in [-0.4, -0.2) is 0 Å². The highest BCUT2D eigenvalue weighted by Crippen LogP contribution is 2.31. The molecule has 0 radical (unpaired) electrons. The van der Waals surface area contributed by atoms with E-state index < -0.39 is 17.2 Å². The van der Waals surface area contributed by atoms with Gasteiger partial charge in [0, 0.05) is 0 Å². The molecule has 0 aliphatic rings. The third-order valence-corrected chi connectivity index (χ3v) is 2.21. The Labute approximate surface area is 86.1 Å². The zero-order valence-electron chi connectivity index (χ0n) is 8.39. The third kappa shape index (κ3) is 2.50. The van der Waals surface area contributed by atoms with Crippen LogP contribution in [0.15, 0.2) is 24.3 Å². The van der Waals surface area contributed by atoms with E-state index in [9.17, 15) is 13.2 Å². The lowest BCUT2D eigenvalue weighted by molar-refractivity contribution is -0.137.